The third kappa shape index (κ3) is 2.53. The highest BCUT2D eigenvalue weighted by molar-refractivity contribution is 6.01. The Hall–Kier alpha value is -2.95. The van der Waals surface area contributed by atoms with Crippen LogP contribution in [0.4, 0.5) is 5.82 Å². The van der Waals surface area contributed by atoms with Crippen LogP contribution in [0.15, 0.2) is 56.8 Å². The predicted octanol–water partition coefficient (Wildman–Crippen LogP) is 2.95. The number of fused-ring (bicyclic) bond motifs is 1. The van der Waals surface area contributed by atoms with E-state index in [9.17, 15) is 9.90 Å². The van der Waals surface area contributed by atoms with E-state index in [4.69, 9.17) is 4.42 Å². The van der Waals surface area contributed by atoms with E-state index in [1.54, 1.807) is 30.5 Å². The number of aromatic nitrogens is 1. The van der Waals surface area contributed by atoms with Crippen molar-refractivity contribution in [1.29, 1.82) is 0 Å². The largest absolute Gasteiger partial charge is 0.480 e. The maximum atomic E-state index is 11.7. The lowest BCUT2D eigenvalue weighted by Gasteiger charge is -2.02. The molecular formula is C16H12N2O3. The molecular weight excluding hydrogens is 268 g/mol. The number of pyridine rings is 1. The summed E-state index contributed by atoms with van der Waals surface area (Å²) in [6.07, 6.45) is 3.10. The Morgan fingerprint density at radius 3 is 2.76 bits per heavy atom. The second kappa shape index (κ2) is 5.20. The van der Waals surface area contributed by atoms with Gasteiger partial charge in [0.15, 0.2) is 5.82 Å². The Morgan fingerprint density at radius 2 is 2.00 bits per heavy atom. The number of rotatable bonds is 2. The van der Waals surface area contributed by atoms with Crippen molar-refractivity contribution in [2.24, 2.45) is 4.99 Å². The van der Waals surface area contributed by atoms with Gasteiger partial charge in [0.1, 0.15) is 0 Å². The van der Waals surface area contributed by atoms with Gasteiger partial charge in [0.05, 0.1) is 10.9 Å². The number of aliphatic imine (C=N–C) groups is 1. The lowest BCUT2D eigenvalue weighted by Crippen LogP contribution is -2.01. The molecule has 0 amide bonds. The molecule has 0 bridgehead atoms. The average molecular weight is 280 g/mol. The first-order valence-corrected chi connectivity index (χ1v) is 6.36. The van der Waals surface area contributed by atoms with Crippen molar-refractivity contribution in [1.82, 2.24) is 4.98 Å². The summed E-state index contributed by atoms with van der Waals surface area (Å²) in [5.74, 6) is 0.0692. The summed E-state index contributed by atoms with van der Waals surface area (Å²) in [7, 11) is 0. The van der Waals surface area contributed by atoms with Crippen molar-refractivity contribution in [3.8, 4) is 5.95 Å². The summed E-state index contributed by atoms with van der Waals surface area (Å²) < 4.78 is 4.82. The molecule has 3 aromatic rings. The molecule has 1 N–H and O–H groups in total. The highest BCUT2D eigenvalue weighted by atomic mass is 16.5. The van der Waals surface area contributed by atoms with E-state index in [1.807, 2.05) is 19.1 Å². The summed E-state index contributed by atoms with van der Waals surface area (Å²) in [6.45, 7) is 1.94. The number of hydrogen-bond acceptors (Lipinski definition) is 5. The van der Waals surface area contributed by atoms with Crippen molar-refractivity contribution < 1.29 is 9.52 Å². The second-order valence-electron chi connectivity index (χ2n) is 4.60. The Morgan fingerprint density at radius 1 is 1.24 bits per heavy atom. The van der Waals surface area contributed by atoms with Crippen LogP contribution in [0.5, 0.6) is 5.95 Å². The van der Waals surface area contributed by atoms with Crippen LogP contribution in [0, 0.1) is 6.92 Å². The first-order chi connectivity index (χ1) is 10.1. The smallest absolute Gasteiger partial charge is 0.346 e. The molecule has 0 spiro atoms. The number of hydrogen-bond donors (Lipinski definition) is 1. The molecule has 0 saturated carbocycles. The average Bonchev–Trinajstić information content (AvgIpc) is 2.47. The van der Waals surface area contributed by atoms with E-state index in [2.05, 4.69) is 9.98 Å². The quantitative estimate of drug-likeness (QED) is 0.732. The minimum atomic E-state index is -0.575. The molecule has 0 fully saturated rings. The van der Waals surface area contributed by atoms with Gasteiger partial charge in [-0.15, -0.1) is 0 Å². The molecule has 0 aliphatic carbocycles. The van der Waals surface area contributed by atoms with Crippen LogP contribution in [0.3, 0.4) is 0 Å². The Kier molecular flexibility index (Phi) is 3.23. The van der Waals surface area contributed by atoms with E-state index in [1.165, 1.54) is 6.21 Å². The predicted molar refractivity (Wildman–Crippen MR) is 80.4 cm³/mol. The molecule has 2 aromatic heterocycles. The monoisotopic (exact) mass is 280 g/mol. The molecule has 0 radical (unpaired) electrons. The highest BCUT2D eigenvalue weighted by Gasteiger charge is 2.10. The first-order valence-electron chi connectivity index (χ1n) is 6.36. The van der Waals surface area contributed by atoms with E-state index in [0.717, 1.165) is 5.56 Å². The van der Waals surface area contributed by atoms with E-state index < -0.39 is 11.6 Å². The number of aromatic hydroxyl groups is 1. The number of benzene rings is 1. The molecule has 3 rings (SSSR count). The minimum absolute atomic E-state index is 0.355. The topological polar surface area (TPSA) is 75.7 Å². The fraction of sp³-hybridized carbons (Fsp3) is 0.0625. The van der Waals surface area contributed by atoms with Crippen molar-refractivity contribution in [2.45, 2.75) is 6.92 Å². The maximum Gasteiger partial charge on any atom is 0.346 e. The van der Waals surface area contributed by atoms with Crippen LogP contribution < -0.4 is 5.63 Å². The second-order valence-corrected chi connectivity index (χ2v) is 4.60. The molecule has 0 aliphatic rings. The Bertz CT molecular complexity index is 897. The van der Waals surface area contributed by atoms with Crippen molar-refractivity contribution in [3.05, 3.63) is 64.1 Å². The van der Waals surface area contributed by atoms with Gasteiger partial charge in [-0.1, -0.05) is 18.2 Å². The molecule has 0 aliphatic heterocycles. The Labute approximate surface area is 120 Å². The normalized spacial score (nSPS) is 11.3. The third-order valence-corrected chi connectivity index (χ3v) is 3.08. The van der Waals surface area contributed by atoms with Crippen molar-refractivity contribution in [2.75, 3.05) is 0 Å². The van der Waals surface area contributed by atoms with Crippen LogP contribution in [0.2, 0.25) is 0 Å². The summed E-state index contributed by atoms with van der Waals surface area (Å²) in [5, 5.41) is 10.8. The van der Waals surface area contributed by atoms with Crippen LogP contribution in [0.1, 0.15) is 11.1 Å². The fourth-order valence-electron chi connectivity index (χ4n) is 2.06. The van der Waals surface area contributed by atoms with Crippen LogP contribution in [-0.2, 0) is 0 Å². The van der Waals surface area contributed by atoms with Gasteiger partial charge in [-0.05, 0) is 30.7 Å². The lowest BCUT2D eigenvalue weighted by molar-refractivity contribution is 0.312. The van der Waals surface area contributed by atoms with E-state index >= 15 is 0 Å². The van der Waals surface area contributed by atoms with Gasteiger partial charge in [0, 0.05) is 17.8 Å². The van der Waals surface area contributed by atoms with Crippen molar-refractivity contribution in [3.63, 3.8) is 0 Å². The number of aryl methyl sites for hydroxylation is 1. The SMILES string of the molecule is Cc1ccnc(N=Cc2c(O)oc(=O)c3ccccc23)c1. The molecule has 1 aromatic carbocycles. The summed E-state index contributed by atoms with van der Waals surface area (Å²) in [5.41, 5.74) is 0.813. The zero-order valence-electron chi connectivity index (χ0n) is 11.3. The van der Waals surface area contributed by atoms with Crippen LogP contribution >= 0.6 is 0 Å². The molecule has 2 heterocycles. The number of nitrogens with zero attached hydrogens (tertiary/aromatic N) is 2. The molecule has 104 valence electrons. The van der Waals surface area contributed by atoms with Gasteiger partial charge < -0.3 is 9.52 Å². The van der Waals surface area contributed by atoms with E-state index in [-0.39, 0.29) is 0 Å². The standard InChI is InChI=1S/C16H12N2O3/c1-10-6-7-17-14(8-10)18-9-13-11-4-2-3-5-12(11)15(19)21-16(13)20/h2-9,20H,1H3. The molecule has 0 atom stereocenters. The van der Waals surface area contributed by atoms with Gasteiger partial charge in [0.2, 0.25) is 0 Å². The van der Waals surface area contributed by atoms with Gasteiger partial charge in [-0.2, -0.15) is 0 Å². The summed E-state index contributed by atoms with van der Waals surface area (Å²) >= 11 is 0. The fourth-order valence-corrected chi connectivity index (χ4v) is 2.06. The highest BCUT2D eigenvalue weighted by Crippen LogP contribution is 2.23. The summed E-state index contributed by atoms with van der Waals surface area (Å²) in [6, 6.07) is 10.6. The van der Waals surface area contributed by atoms with Gasteiger partial charge >= 0.3 is 5.63 Å². The maximum absolute atomic E-state index is 11.7. The summed E-state index contributed by atoms with van der Waals surface area (Å²) in [4.78, 5) is 20.0. The first kappa shape index (κ1) is 13.1. The molecule has 0 unspecified atom stereocenters. The third-order valence-electron chi connectivity index (χ3n) is 3.08. The van der Waals surface area contributed by atoms with Crippen LogP contribution in [-0.4, -0.2) is 16.3 Å². The zero-order chi connectivity index (χ0) is 14.8. The van der Waals surface area contributed by atoms with E-state index in [0.29, 0.717) is 22.2 Å². The molecule has 5 heteroatoms. The molecule has 21 heavy (non-hydrogen) atoms. The van der Waals surface area contributed by atoms with Gasteiger partial charge in [-0.3, -0.25) is 0 Å². The lowest BCUT2D eigenvalue weighted by atomic mass is 10.1. The molecule has 5 nitrogen and oxygen atoms in total. The molecule has 0 saturated heterocycles. The van der Waals surface area contributed by atoms with Crippen molar-refractivity contribution >= 4 is 22.8 Å². The van der Waals surface area contributed by atoms with Gasteiger partial charge in [-0.25, -0.2) is 14.8 Å². The zero-order valence-corrected chi connectivity index (χ0v) is 11.3. The van der Waals surface area contributed by atoms with Gasteiger partial charge in [0.25, 0.3) is 5.95 Å². The van der Waals surface area contributed by atoms with Crippen LogP contribution in [0.25, 0.3) is 10.8 Å². The minimum Gasteiger partial charge on any atom is -0.480 e. The Balaban J connectivity index is 2.15.